The average Bonchev–Trinajstić information content (AvgIpc) is 2.10. The summed E-state index contributed by atoms with van der Waals surface area (Å²) in [6.07, 6.45) is 1.37. The Labute approximate surface area is 71.6 Å². The molecule has 0 aromatic rings. The van der Waals surface area contributed by atoms with Crippen LogP contribution in [0.3, 0.4) is 0 Å². The van der Waals surface area contributed by atoms with Gasteiger partial charge >= 0.3 is 7.12 Å². The number of nitrogens with one attached hydrogen (secondary N) is 1. The minimum absolute atomic E-state index is 0.0119. The van der Waals surface area contributed by atoms with Gasteiger partial charge in [-0.05, 0) is 5.47 Å². The molecular weight excluding hydrogens is 161 g/mol. The van der Waals surface area contributed by atoms with Gasteiger partial charge in [0.1, 0.15) is 0 Å². The number of rotatable bonds is 7. The lowest BCUT2D eigenvalue weighted by Gasteiger charge is -2.06. The summed E-state index contributed by atoms with van der Waals surface area (Å²) in [5, 5.41) is 9.03. The lowest BCUT2D eigenvalue weighted by atomic mass is 9.81. The molecule has 0 aromatic carbocycles. The highest BCUT2D eigenvalue weighted by molar-refractivity contribution is 6.52. The predicted octanol–water partition coefficient (Wildman–Crippen LogP) is -0.195. The second-order valence-electron chi connectivity index (χ2n) is 1.84. The maximum atomic E-state index is 9.03. The molecular formula is C6H12BNO4. The Balaban J connectivity index is 3.37. The lowest BCUT2D eigenvalue weighted by Crippen LogP contribution is -2.24. The zero-order valence-corrected chi connectivity index (χ0v) is 6.95. The Kier molecular flexibility index (Phi) is 6.64. The van der Waals surface area contributed by atoms with E-state index >= 15 is 0 Å². The van der Waals surface area contributed by atoms with Gasteiger partial charge in [-0.2, -0.15) is 5.48 Å². The summed E-state index contributed by atoms with van der Waals surface area (Å²) in [7, 11) is 0.240. The van der Waals surface area contributed by atoms with Gasteiger partial charge in [-0.1, -0.05) is 19.2 Å². The Hall–Kier alpha value is -0.655. The van der Waals surface area contributed by atoms with Crippen LogP contribution >= 0.6 is 0 Å². The van der Waals surface area contributed by atoms with Gasteiger partial charge in [-0.25, -0.2) is 4.89 Å². The van der Waals surface area contributed by atoms with Crippen LogP contribution in [0.1, 0.15) is 0 Å². The molecule has 0 unspecified atom stereocenters. The van der Waals surface area contributed by atoms with Crippen molar-refractivity contribution in [1.29, 1.82) is 0 Å². The first-order valence-corrected chi connectivity index (χ1v) is 3.25. The fourth-order valence-electron chi connectivity index (χ4n) is 0.344. The second-order valence-corrected chi connectivity index (χ2v) is 1.84. The van der Waals surface area contributed by atoms with Crippen molar-refractivity contribution < 1.29 is 19.6 Å². The third-order valence-corrected chi connectivity index (χ3v) is 1.00. The van der Waals surface area contributed by atoms with E-state index in [-0.39, 0.29) is 6.73 Å². The highest BCUT2D eigenvalue weighted by atomic mass is 17.2. The fraction of sp³-hybridized carbons (Fsp3) is 0.333. The first-order chi connectivity index (χ1) is 5.72. The van der Waals surface area contributed by atoms with E-state index in [1.54, 1.807) is 0 Å². The zero-order chi connectivity index (χ0) is 9.40. The molecule has 0 spiro atoms. The Morgan fingerprint density at radius 3 is 2.92 bits per heavy atom. The van der Waals surface area contributed by atoms with E-state index in [0.717, 1.165) is 0 Å². The van der Waals surface area contributed by atoms with Gasteiger partial charge in [0, 0.05) is 0 Å². The molecule has 0 aliphatic heterocycles. The van der Waals surface area contributed by atoms with Gasteiger partial charge in [-0.3, -0.25) is 4.81 Å². The number of hydrogen-bond donors (Lipinski definition) is 2. The smallest absolute Gasteiger partial charge is 0.422 e. The molecule has 0 aliphatic rings. The van der Waals surface area contributed by atoms with Gasteiger partial charge in [-0.15, -0.1) is 0 Å². The minimum atomic E-state index is -1.19. The van der Waals surface area contributed by atoms with Crippen molar-refractivity contribution in [2.24, 2.45) is 0 Å². The summed E-state index contributed by atoms with van der Waals surface area (Å²) >= 11 is 0. The van der Waals surface area contributed by atoms with E-state index in [4.69, 9.17) is 5.02 Å². The Morgan fingerprint density at radius 1 is 1.75 bits per heavy atom. The molecule has 0 atom stereocenters. The molecule has 0 saturated heterocycles. The summed E-state index contributed by atoms with van der Waals surface area (Å²) in [5.41, 5.74) is 2.67. The van der Waals surface area contributed by atoms with Crippen LogP contribution in [0, 0.1) is 0 Å². The van der Waals surface area contributed by atoms with Crippen LogP contribution in [0.5, 0.6) is 0 Å². The quantitative estimate of drug-likeness (QED) is 0.139. The van der Waals surface area contributed by atoms with Crippen molar-refractivity contribution in [2.75, 3.05) is 13.8 Å². The van der Waals surface area contributed by atoms with Gasteiger partial charge in [0.15, 0.2) is 6.73 Å². The molecule has 2 N–H and O–H groups in total. The van der Waals surface area contributed by atoms with Crippen molar-refractivity contribution in [1.82, 2.24) is 5.48 Å². The first kappa shape index (κ1) is 11.3. The van der Waals surface area contributed by atoms with E-state index in [1.165, 1.54) is 13.2 Å². The lowest BCUT2D eigenvalue weighted by molar-refractivity contribution is -0.244. The van der Waals surface area contributed by atoms with Crippen molar-refractivity contribution in [3.05, 3.63) is 24.7 Å². The van der Waals surface area contributed by atoms with E-state index in [1.807, 2.05) is 0 Å². The summed E-state index contributed by atoms with van der Waals surface area (Å²) in [5.74, 6) is 0. The van der Waals surface area contributed by atoms with Crippen molar-refractivity contribution >= 4 is 7.12 Å². The molecule has 0 heterocycles. The third-order valence-electron chi connectivity index (χ3n) is 1.00. The van der Waals surface area contributed by atoms with E-state index in [2.05, 4.69) is 33.2 Å². The maximum Gasteiger partial charge on any atom is 0.522 e. The third kappa shape index (κ3) is 5.06. The van der Waals surface area contributed by atoms with Crippen LogP contribution in [0.25, 0.3) is 0 Å². The number of allylic oxidation sites excluding steroid dienone is 2. The van der Waals surface area contributed by atoms with E-state index < -0.39 is 7.12 Å². The van der Waals surface area contributed by atoms with E-state index in [0.29, 0.717) is 5.47 Å². The first-order valence-electron chi connectivity index (χ1n) is 3.25. The van der Waals surface area contributed by atoms with Crippen LogP contribution in [0.2, 0.25) is 0 Å². The molecule has 0 amide bonds. The van der Waals surface area contributed by atoms with Crippen LogP contribution in [0.15, 0.2) is 24.7 Å². The van der Waals surface area contributed by atoms with Crippen molar-refractivity contribution in [2.45, 2.75) is 0 Å². The van der Waals surface area contributed by atoms with Crippen molar-refractivity contribution in [3.8, 4) is 0 Å². The van der Waals surface area contributed by atoms with Crippen LogP contribution < -0.4 is 5.48 Å². The van der Waals surface area contributed by atoms with Crippen LogP contribution in [-0.4, -0.2) is 26.0 Å². The van der Waals surface area contributed by atoms with Crippen LogP contribution in [0.4, 0.5) is 0 Å². The fourth-order valence-corrected chi connectivity index (χ4v) is 0.344. The molecule has 6 heteroatoms. The molecule has 0 radical (unpaired) electrons. The molecule has 0 fully saturated rings. The summed E-state index contributed by atoms with van der Waals surface area (Å²) < 4.78 is 0. The summed E-state index contributed by atoms with van der Waals surface area (Å²) in [6, 6.07) is 0. The molecule has 0 rings (SSSR count). The largest absolute Gasteiger partial charge is 0.522 e. The van der Waals surface area contributed by atoms with Crippen molar-refractivity contribution in [3.63, 3.8) is 0 Å². The van der Waals surface area contributed by atoms with E-state index in [9.17, 15) is 0 Å². The standard InChI is InChI=1S/C6H12BNO4/c1-4-6(2)7(9)12-11-5-8-10-3/h4,8-9H,1-2,5H2,3H3. The monoisotopic (exact) mass is 173 g/mol. The Bertz CT molecular complexity index is 152. The highest BCUT2D eigenvalue weighted by Gasteiger charge is 2.15. The second kappa shape index (κ2) is 7.02. The topological polar surface area (TPSA) is 60.0 Å². The number of hydroxylamine groups is 1. The van der Waals surface area contributed by atoms with Crippen LogP contribution in [-0.2, 0) is 14.5 Å². The van der Waals surface area contributed by atoms with Gasteiger partial charge < -0.3 is 9.86 Å². The zero-order valence-electron chi connectivity index (χ0n) is 6.95. The Morgan fingerprint density at radius 2 is 2.42 bits per heavy atom. The van der Waals surface area contributed by atoms with Gasteiger partial charge in [0.05, 0.1) is 7.11 Å². The summed E-state index contributed by atoms with van der Waals surface area (Å²) in [6.45, 7) is 6.85. The van der Waals surface area contributed by atoms with Gasteiger partial charge in [0.2, 0.25) is 0 Å². The molecule has 5 nitrogen and oxygen atoms in total. The SMILES string of the molecule is C=CC(=C)B(O)OOCNOC. The molecule has 68 valence electrons. The molecule has 0 bridgehead atoms. The molecule has 0 aromatic heterocycles. The molecule has 0 aliphatic carbocycles. The van der Waals surface area contributed by atoms with Gasteiger partial charge in [0.25, 0.3) is 0 Å². The minimum Gasteiger partial charge on any atom is -0.422 e. The average molecular weight is 173 g/mol. The molecule has 12 heavy (non-hydrogen) atoms. The predicted molar refractivity (Wildman–Crippen MR) is 44.5 cm³/mol. The number of hydrogen-bond acceptors (Lipinski definition) is 5. The maximum absolute atomic E-state index is 9.03. The summed E-state index contributed by atoms with van der Waals surface area (Å²) in [4.78, 5) is 13.3. The normalized spacial score (nSPS) is 9.50. The highest BCUT2D eigenvalue weighted by Crippen LogP contribution is 1.97. The molecule has 0 saturated carbocycles.